The van der Waals surface area contributed by atoms with Crippen LogP contribution in [0.25, 0.3) is 11.0 Å². The first kappa shape index (κ1) is 17.0. The number of hydrogen-bond donors (Lipinski definition) is 2. The van der Waals surface area contributed by atoms with E-state index in [4.69, 9.17) is 5.11 Å². The minimum atomic E-state index is -1.08. The Bertz CT molecular complexity index is 924. The third kappa shape index (κ3) is 3.66. The minimum Gasteiger partial charge on any atom is -0.481 e. The molecule has 0 fully saturated rings. The molecule has 0 aliphatic heterocycles. The number of hydrogen-bond acceptors (Lipinski definition) is 3. The molecule has 1 aromatic heterocycles. The second-order valence-corrected chi connectivity index (χ2v) is 5.77. The second-order valence-electron chi connectivity index (χ2n) is 5.77. The van der Waals surface area contributed by atoms with Crippen molar-refractivity contribution >= 4 is 17.0 Å². The van der Waals surface area contributed by atoms with Crippen LogP contribution in [0.15, 0.2) is 42.5 Å². The molecule has 1 atom stereocenters. The number of carboxylic acid groups (broad SMARTS) is 1. The van der Waals surface area contributed by atoms with E-state index in [2.05, 4.69) is 10.3 Å². The van der Waals surface area contributed by atoms with E-state index in [0.29, 0.717) is 5.82 Å². The molecule has 0 saturated heterocycles. The number of fused-ring (bicyclic) bond motifs is 1. The van der Waals surface area contributed by atoms with Gasteiger partial charge in [-0.1, -0.05) is 18.2 Å². The second kappa shape index (κ2) is 6.98. The van der Waals surface area contributed by atoms with Crippen molar-refractivity contribution in [3.8, 4) is 0 Å². The lowest BCUT2D eigenvalue weighted by molar-refractivity contribution is -0.137. The largest absolute Gasteiger partial charge is 0.481 e. The van der Waals surface area contributed by atoms with Crippen molar-refractivity contribution in [2.24, 2.45) is 7.05 Å². The van der Waals surface area contributed by atoms with Crippen molar-refractivity contribution in [2.45, 2.75) is 19.0 Å². The van der Waals surface area contributed by atoms with Crippen LogP contribution in [0.2, 0.25) is 0 Å². The highest BCUT2D eigenvalue weighted by atomic mass is 19.1. The third-order valence-electron chi connectivity index (χ3n) is 4.10. The zero-order valence-corrected chi connectivity index (χ0v) is 13.5. The maximum Gasteiger partial charge on any atom is 0.305 e. The number of aryl methyl sites for hydroxylation is 1. The van der Waals surface area contributed by atoms with Gasteiger partial charge in [0.15, 0.2) is 0 Å². The molecule has 3 rings (SSSR count). The Morgan fingerprint density at radius 2 is 2.04 bits per heavy atom. The zero-order valence-electron chi connectivity index (χ0n) is 13.5. The molecule has 0 amide bonds. The number of carbonyl (C=O) groups is 1. The number of aliphatic carboxylic acids is 1. The van der Waals surface area contributed by atoms with E-state index in [-0.39, 0.29) is 18.5 Å². The smallest absolute Gasteiger partial charge is 0.305 e. The van der Waals surface area contributed by atoms with Gasteiger partial charge in [-0.15, -0.1) is 0 Å². The molecule has 130 valence electrons. The van der Waals surface area contributed by atoms with Gasteiger partial charge in [0.25, 0.3) is 0 Å². The molecule has 25 heavy (non-hydrogen) atoms. The minimum absolute atomic E-state index is 0.113. The highest BCUT2D eigenvalue weighted by Gasteiger charge is 2.20. The molecule has 0 radical (unpaired) electrons. The van der Waals surface area contributed by atoms with Gasteiger partial charge in [0, 0.05) is 24.7 Å². The van der Waals surface area contributed by atoms with Crippen LogP contribution in [0.4, 0.5) is 8.78 Å². The lowest BCUT2D eigenvalue weighted by Gasteiger charge is -2.18. The molecule has 7 heteroatoms. The number of benzene rings is 2. The monoisotopic (exact) mass is 345 g/mol. The summed E-state index contributed by atoms with van der Waals surface area (Å²) in [6.45, 7) is 0.250. The average Bonchev–Trinajstić information content (AvgIpc) is 2.88. The van der Waals surface area contributed by atoms with E-state index in [0.717, 1.165) is 23.2 Å². The summed E-state index contributed by atoms with van der Waals surface area (Å²) < 4.78 is 29.0. The third-order valence-corrected chi connectivity index (χ3v) is 4.10. The summed E-state index contributed by atoms with van der Waals surface area (Å²) in [7, 11) is 1.86. The lowest BCUT2D eigenvalue weighted by Crippen LogP contribution is -2.25. The van der Waals surface area contributed by atoms with E-state index >= 15 is 0 Å². The van der Waals surface area contributed by atoms with Crippen molar-refractivity contribution < 1.29 is 18.7 Å². The first-order valence-electron chi connectivity index (χ1n) is 7.76. The molecule has 2 N–H and O–H groups in total. The molecule has 0 unspecified atom stereocenters. The van der Waals surface area contributed by atoms with Crippen LogP contribution < -0.4 is 5.32 Å². The van der Waals surface area contributed by atoms with E-state index in [1.807, 2.05) is 35.9 Å². The predicted molar refractivity (Wildman–Crippen MR) is 88.9 cm³/mol. The number of halogens is 2. The van der Waals surface area contributed by atoms with Crippen molar-refractivity contribution in [2.75, 3.05) is 0 Å². The van der Waals surface area contributed by atoms with Crippen LogP contribution in [-0.4, -0.2) is 20.6 Å². The van der Waals surface area contributed by atoms with Crippen molar-refractivity contribution in [3.05, 3.63) is 65.5 Å². The zero-order chi connectivity index (χ0) is 18.0. The molecule has 0 bridgehead atoms. The Balaban J connectivity index is 1.85. The standard InChI is InChI=1S/C18H17F2N3O2/c1-23-16-5-3-2-4-14(16)22-17(23)10-21-15(9-18(24)25)12-7-6-11(19)8-13(12)20/h2-8,15,21H,9-10H2,1H3,(H,24,25)/t15-/m1/s1. The number of aromatic nitrogens is 2. The molecule has 0 aliphatic carbocycles. The quantitative estimate of drug-likeness (QED) is 0.720. The molecule has 0 saturated carbocycles. The van der Waals surface area contributed by atoms with Crippen LogP contribution in [-0.2, 0) is 18.4 Å². The van der Waals surface area contributed by atoms with Crippen LogP contribution in [0, 0.1) is 11.6 Å². The van der Waals surface area contributed by atoms with Gasteiger partial charge in [0.1, 0.15) is 17.5 Å². The highest BCUT2D eigenvalue weighted by molar-refractivity contribution is 5.75. The Hall–Kier alpha value is -2.80. The summed E-state index contributed by atoms with van der Waals surface area (Å²) in [6.07, 6.45) is -0.327. The van der Waals surface area contributed by atoms with E-state index in [1.54, 1.807) is 0 Å². The predicted octanol–water partition coefficient (Wildman–Crippen LogP) is 3.16. The first-order valence-corrected chi connectivity index (χ1v) is 7.76. The van der Waals surface area contributed by atoms with Crippen LogP contribution >= 0.6 is 0 Å². The number of imidazole rings is 1. The summed E-state index contributed by atoms with van der Waals surface area (Å²) in [5.41, 5.74) is 1.88. The van der Waals surface area contributed by atoms with E-state index in [1.165, 1.54) is 6.07 Å². The topological polar surface area (TPSA) is 67.2 Å². The van der Waals surface area contributed by atoms with Crippen LogP contribution in [0.1, 0.15) is 23.9 Å². The maximum absolute atomic E-state index is 14.0. The van der Waals surface area contributed by atoms with Crippen LogP contribution in [0.3, 0.4) is 0 Å². The molecule has 3 aromatic rings. The molecular weight excluding hydrogens is 328 g/mol. The number of para-hydroxylation sites is 2. The number of rotatable bonds is 6. The van der Waals surface area contributed by atoms with Crippen molar-refractivity contribution in [1.82, 2.24) is 14.9 Å². The van der Waals surface area contributed by atoms with Gasteiger partial charge in [0.05, 0.1) is 24.0 Å². The fourth-order valence-electron chi connectivity index (χ4n) is 2.82. The molecule has 2 aromatic carbocycles. The summed E-state index contributed by atoms with van der Waals surface area (Å²) in [6, 6.07) is 9.94. The molecule has 0 spiro atoms. The van der Waals surface area contributed by atoms with Gasteiger partial charge in [0.2, 0.25) is 0 Å². The summed E-state index contributed by atoms with van der Waals surface area (Å²) in [5.74, 6) is -1.86. The summed E-state index contributed by atoms with van der Waals surface area (Å²) in [5, 5.41) is 12.1. The Labute approximate surface area is 142 Å². The molecular formula is C18H17F2N3O2. The first-order chi connectivity index (χ1) is 12.0. The highest BCUT2D eigenvalue weighted by Crippen LogP contribution is 2.22. The lowest BCUT2D eigenvalue weighted by atomic mass is 10.0. The average molecular weight is 345 g/mol. The van der Waals surface area contributed by atoms with Gasteiger partial charge >= 0.3 is 5.97 Å². The SMILES string of the molecule is Cn1c(CN[C@H](CC(=O)O)c2ccc(F)cc2F)nc2ccccc21. The van der Waals surface area contributed by atoms with Gasteiger partial charge in [-0.25, -0.2) is 13.8 Å². The molecule has 1 heterocycles. The van der Waals surface area contributed by atoms with Gasteiger partial charge in [-0.05, 0) is 18.2 Å². The van der Waals surface area contributed by atoms with Crippen molar-refractivity contribution in [1.29, 1.82) is 0 Å². The van der Waals surface area contributed by atoms with Gasteiger partial charge in [-0.2, -0.15) is 0 Å². The fraction of sp³-hybridized carbons (Fsp3) is 0.222. The normalized spacial score (nSPS) is 12.4. The summed E-state index contributed by atoms with van der Waals surface area (Å²) in [4.78, 5) is 15.6. The fourth-order valence-corrected chi connectivity index (χ4v) is 2.82. The van der Waals surface area contributed by atoms with Gasteiger partial charge in [-0.3, -0.25) is 4.79 Å². The Morgan fingerprint density at radius 1 is 1.28 bits per heavy atom. The molecule has 0 aliphatic rings. The Kier molecular flexibility index (Phi) is 4.76. The van der Waals surface area contributed by atoms with E-state index < -0.39 is 23.6 Å². The maximum atomic E-state index is 14.0. The van der Waals surface area contributed by atoms with Crippen LogP contribution in [0.5, 0.6) is 0 Å². The number of nitrogens with one attached hydrogen (secondary N) is 1. The summed E-state index contributed by atoms with van der Waals surface area (Å²) >= 11 is 0. The number of carboxylic acids is 1. The number of nitrogens with zero attached hydrogens (tertiary/aromatic N) is 2. The Morgan fingerprint density at radius 3 is 2.72 bits per heavy atom. The molecule has 5 nitrogen and oxygen atoms in total. The van der Waals surface area contributed by atoms with Crippen molar-refractivity contribution in [3.63, 3.8) is 0 Å². The van der Waals surface area contributed by atoms with Gasteiger partial charge < -0.3 is 15.0 Å². The van der Waals surface area contributed by atoms with E-state index in [9.17, 15) is 13.6 Å².